The number of halogens is 2. The maximum atomic E-state index is 13.7. The Bertz CT molecular complexity index is 456. The second kappa shape index (κ2) is 6.29. The van der Waals surface area contributed by atoms with Gasteiger partial charge in [-0.15, -0.1) is 0 Å². The van der Waals surface area contributed by atoms with Crippen LogP contribution >= 0.6 is 0 Å². The van der Waals surface area contributed by atoms with Crippen molar-refractivity contribution in [2.75, 3.05) is 6.54 Å². The van der Waals surface area contributed by atoms with Crippen LogP contribution in [0.2, 0.25) is 0 Å². The molecule has 0 fully saturated rings. The van der Waals surface area contributed by atoms with Crippen LogP contribution < -0.4 is 5.32 Å². The van der Waals surface area contributed by atoms with Crippen molar-refractivity contribution in [2.24, 2.45) is 5.92 Å². The summed E-state index contributed by atoms with van der Waals surface area (Å²) >= 11 is 0. The fourth-order valence-corrected chi connectivity index (χ4v) is 1.62. The van der Waals surface area contributed by atoms with Gasteiger partial charge in [-0.25, -0.2) is 8.78 Å². The lowest BCUT2D eigenvalue weighted by atomic mass is 9.98. The van der Waals surface area contributed by atoms with Crippen molar-refractivity contribution in [2.45, 2.75) is 40.2 Å². The molecule has 0 atom stereocenters. The van der Waals surface area contributed by atoms with Crippen molar-refractivity contribution < 1.29 is 8.78 Å². The highest BCUT2D eigenvalue weighted by Crippen LogP contribution is 2.19. The lowest BCUT2D eigenvalue weighted by molar-refractivity contribution is 0.437. The fourth-order valence-electron chi connectivity index (χ4n) is 1.62. The normalized spacial score (nSPS) is 13.2. The van der Waals surface area contributed by atoms with Crippen LogP contribution in [-0.4, -0.2) is 12.1 Å². The van der Waals surface area contributed by atoms with Gasteiger partial charge in [-0.1, -0.05) is 37.6 Å². The Morgan fingerprint density at radius 3 is 2.42 bits per heavy atom. The van der Waals surface area contributed by atoms with E-state index in [9.17, 15) is 8.78 Å². The zero-order valence-corrected chi connectivity index (χ0v) is 12.3. The van der Waals surface area contributed by atoms with Crippen LogP contribution in [0.5, 0.6) is 0 Å². The number of rotatable bonds is 4. The first kappa shape index (κ1) is 15.8. The molecule has 1 nitrogen and oxygen atoms in total. The summed E-state index contributed by atoms with van der Waals surface area (Å²) in [4.78, 5) is 0. The molecule has 1 rings (SSSR count). The average Bonchev–Trinajstić information content (AvgIpc) is 2.28. The molecule has 19 heavy (non-hydrogen) atoms. The second-order valence-corrected chi connectivity index (χ2v) is 6.12. The Morgan fingerprint density at radius 2 is 1.89 bits per heavy atom. The second-order valence-electron chi connectivity index (χ2n) is 6.12. The predicted molar refractivity (Wildman–Crippen MR) is 76.9 cm³/mol. The largest absolute Gasteiger partial charge is 0.308 e. The molecule has 0 radical (unpaired) electrons. The van der Waals surface area contributed by atoms with Crippen LogP contribution in [-0.2, 0) is 0 Å². The number of hydrogen-bond acceptors (Lipinski definition) is 1. The summed E-state index contributed by atoms with van der Waals surface area (Å²) in [6.07, 6.45) is 1.74. The molecule has 0 aromatic heterocycles. The highest BCUT2D eigenvalue weighted by molar-refractivity contribution is 5.54. The van der Waals surface area contributed by atoms with Crippen LogP contribution in [0.3, 0.4) is 0 Å². The highest BCUT2D eigenvalue weighted by atomic mass is 19.2. The van der Waals surface area contributed by atoms with Gasteiger partial charge in [0.15, 0.2) is 11.6 Å². The van der Waals surface area contributed by atoms with Crippen molar-refractivity contribution >= 4 is 6.08 Å². The Labute approximate surface area is 114 Å². The zero-order valence-electron chi connectivity index (χ0n) is 12.3. The van der Waals surface area contributed by atoms with Gasteiger partial charge in [0, 0.05) is 17.6 Å². The molecular formula is C16H23F2N. The van der Waals surface area contributed by atoms with E-state index in [-0.39, 0.29) is 11.5 Å². The molecule has 106 valence electrons. The summed E-state index contributed by atoms with van der Waals surface area (Å²) in [5.41, 5.74) is 1.35. The van der Waals surface area contributed by atoms with Gasteiger partial charge in [-0.3, -0.25) is 0 Å². The monoisotopic (exact) mass is 267 g/mol. The third kappa shape index (κ3) is 5.11. The van der Waals surface area contributed by atoms with Gasteiger partial charge >= 0.3 is 0 Å². The molecular weight excluding hydrogens is 244 g/mol. The minimum Gasteiger partial charge on any atom is -0.308 e. The number of benzene rings is 1. The van der Waals surface area contributed by atoms with Crippen LogP contribution in [0.15, 0.2) is 23.8 Å². The molecule has 1 aromatic carbocycles. The third-order valence-corrected chi connectivity index (χ3v) is 2.89. The zero-order chi connectivity index (χ0) is 14.6. The third-order valence-electron chi connectivity index (χ3n) is 2.89. The van der Waals surface area contributed by atoms with Gasteiger partial charge in [0.2, 0.25) is 0 Å². The first-order chi connectivity index (χ1) is 8.70. The molecule has 0 saturated heterocycles. The Balaban J connectivity index is 2.98. The molecule has 0 saturated carbocycles. The molecule has 1 N–H and O–H groups in total. The smallest absolute Gasteiger partial charge is 0.166 e. The van der Waals surface area contributed by atoms with Crippen molar-refractivity contribution in [1.82, 2.24) is 5.32 Å². The van der Waals surface area contributed by atoms with Gasteiger partial charge in [0.25, 0.3) is 0 Å². The predicted octanol–water partition coefficient (Wildman–Crippen LogP) is 4.39. The van der Waals surface area contributed by atoms with E-state index in [1.54, 1.807) is 12.1 Å². The van der Waals surface area contributed by atoms with Gasteiger partial charge in [-0.2, -0.15) is 0 Å². The maximum Gasteiger partial charge on any atom is 0.166 e. The Hall–Kier alpha value is -1.22. The van der Waals surface area contributed by atoms with Crippen LogP contribution in [0, 0.1) is 17.6 Å². The molecule has 0 heterocycles. The lowest BCUT2D eigenvalue weighted by Gasteiger charge is -2.23. The van der Waals surface area contributed by atoms with E-state index in [4.69, 9.17) is 0 Å². The quantitative estimate of drug-likeness (QED) is 0.853. The van der Waals surface area contributed by atoms with Gasteiger partial charge in [0.1, 0.15) is 0 Å². The summed E-state index contributed by atoms with van der Waals surface area (Å²) in [5, 5.41) is 3.37. The minimum atomic E-state index is -0.805. The van der Waals surface area contributed by atoms with E-state index in [1.165, 1.54) is 6.07 Å². The van der Waals surface area contributed by atoms with Crippen LogP contribution in [0.25, 0.3) is 6.08 Å². The SMILES string of the molecule is CC(C)C(=Cc1cccc(F)c1F)CNC(C)(C)C. The highest BCUT2D eigenvalue weighted by Gasteiger charge is 2.13. The molecule has 0 bridgehead atoms. The van der Waals surface area contributed by atoms with Crippen molar-refractivity contribution in [1.29, 1.82) is 0 Å². The van der Waals surface area contributed by atoms with Gasteiger partial charge in [0.05, 0.1) is 0 Å². The van der Waals surface area contributed by atoms with Crippen molar-refractivity contribution in [3.8, 4) is 0 Å². The van der Waals surface area contributed by atoms with Crippen LogP contribution in [0.1, 0.15) is 40.2 Å². The van der Waals surface area contributed by atoms with Gasteiger partial charge in [-0.05, 0) is 32.8 Å². The lowest BCUT2D eigenvalue weighted by Crippen LogP contribution is -2.37. The van der Waals surface area contributed by atoms with E-state index < -0.39 is 11.6 Å². The van der Waals surface area contributed by atoms with Gasteiger partial charge < -0.3 is 5.32 Å². The van der Waals surface area contributed by atoms with E-state index in [2.05, 4.69) is 26.1 Å². The molecule has 0 aliphatic carbocycles. The van der Waals surface area contributed by atoms with E-state index in [0.717, 1.165) is 11.6 Å². The van der Waals surface area contributed by atoms with Crippen LogP contribution in [0.4, 0.5) is 8.78 Å². The number of hydrogen-bond donors (Lipinski definition) is 1. The average molecular weight is 267 g/mol. The Morgan fingerprint density at radius 1 is 1.26 bits per heavy atom. The summed E-state index contributed by atoms with van der Waals surface area (Å²) in [7, 11) is 0. The van der Waals surface area contributed by atoms with E-state index in [0.29, 0.717) is 12.1 Å². The van der Waals surface area contributed by atoms with Crippen molar-refractivity contribution in [3.63, 3.8) is 0 Å². The Kier molecular flexibility index (Phi) is 5.24. The summed E-state index contributed by atoms with van der Waals surface area (Å²) in [6.45, 7) is 11.0. The summed E-state index contributed by atoms with van der Waals surface area (Å²) in [6, 6.07) is 4.26. The topological polar surface area (TPSA) is 12.0 Å². The first-order valence-electron chi connectivity index (χ1n) is 6.60. The molecule has 0 aliphatic heterocycles. The minimum absolute atomic E-state index is 0.00549. The maximum absolute atomic E-state index is 13.7. The van der Waals surface area contributed by atoms with E-state index in [1.807, 2.05) is 13.8 Å². The standard InChI is InChI=1S/C16H23F2N/c1-11(2)13(10-19-16(3,4)5)9-12-7-6-8-14(17)15(12)18/h6-9,11,19H,10H2,1-5H3. The molecule has 0 aliphatic rings. The number of nitrogens with one attached hydrogen (secondary N) is 1. The first-order valence-corrected chi connectivity index (χ1v) is 6.60. The molecule has 0 spiro atoms. The molecule has 0 amide bonds. The summed E-state index contributed by atoms with van der Waals surface area (Å²) < 4.78 is 26.8. The summed E-state index contributed by atoms with van der Waals surface area (Å²) in [5.74, 6) is -1.31. The fraction of sp³-hybridized carbons (Fsp3) is 0.500. The van der Waals surface area contributed by atoms with E-state index >= 15 is 0 Å². The molecule has 0 unspecified atom stereocenters. The molecule has 3 heteroatoms. The van der Waals surface area contributed by atoms with Crippen molar-refractivity contribution in [3.05, 3.63) is 41.0 Å². The molecule has 1 aromatic rings.